The van der Waals surface area contributed by atoms with Crippen molar-refractivity contribution in [2.45, 2.75) is 25.4 Å². The van der Waals surface area contributed by atoms with Crippen molar-refractivity contribution >= 4 is 17.5 Å². The van der Waals surface area contributed by atoms with Crippen molar-refractivity contribution in [3.8, 4) is 11.3 Å². The fourth-order valence-electron chi connectivity index (χ4n) is 4.20. The molecule has 1 saturated heterocycles. The minimum absolute atomic E-state index is 0.144. The van der Waals surface area contributed by atoms with Gasteiger partial charge in [-0.15, -0.1) is 0 Å². The van der Waals surface area contributed by atoms with E-state index in [0.717, 1.165) is 36.5 Å². The number of carbonyl (C=O) groups is 1. The lowest BCUT2D eigenvalue weighted by Crippen LogP contribution is -3.11. The van der Waals surface area contributed by atoms with Crippen LogP contribution in [0.15, 0.2) is 59.1 Å². The largest absolute Gasteiger partial charge is 0.459 e. The van der Waals surface area contributed by atoms with Crippen molar-refractivity contribution in [3.05, 3.63) is 71.2 Å². The molecular weight excluding hydrogens is 386 g/mol. The molecule has 4 rings (SSSR count). The molecule has 0 bridgehead atoms. The minimum atomic E-state index is 0.144. The second kappa shape index (κ2) is 8.47. The fraction of sp³-hybridized carbons (Fsp3) is 0.348. The molecule has 5 nitrogen and oxygen atoms in total. The van der Waals surface area contributed by atoms with Gasteiger partial charge < -0.3 is 18.8 Å². The van der Waals surface area contributed by atoms with E-state index in [0.29, 0.717) is 24.2 Å². The van der Waals surface area contributed by atoms with E-state index in [1.165, 1.54) is 10.6 Å². The van der Waals surface area contributed by atoms with Gasteiger partial charge in [-0.3, -0.25) is 4.79 Å². The third-order valence-corrected chi connectivity index (χ3v) is 6.06. The van der Waals surface area contributed by atoms with Crippen LogP contribution >= 0.6 is 11.6 Å². The molecule has 3 heterocycles. The Bertz CT molecular complexity index is 976. The van der Waals surface area contributed by atoms with Gasteiger partial charge in [0.25, 0.3) is 5.91 Å². The summed E-state index contributed by atoms with van der Waals surface area (Å²) in [4.78, 5) is 16.0. The Balaban J connectivity index is 1.37. The number of carbonyl (C=O) groups excluding carboxylic acids is 1. The number of quaternary nitrogens is 1. The molecule has 1 aromatic carbocycles. The van der Waals surface area contributed by atoms with Gasteiger partial charge in [-0.2, -0.15) is 0 Å². The Kier molecular flexibility index (Phi) is 5.79. The number of aryl methyl sites for hydroxylation is 1. The van der Waals surface area contributed by atoms with Crippen LogP contribution in [0.4, 0.5) is 0 Å². The van der Waals surface area contributed by atoms with Gasteiger partial charge in [-0.05, 0) is 48.5 Å². The summed E-state index contributed by atoms with van der Waals surface area (Å²) in [6.07, 6.45) is 4.37. The Morgan fingerprint density at radius 3 is 2.76 bits per heavy atom. The smallest absolute Gasteiger partial charge is 0.277 e. The third-order valence-electron chi connectivity index (χ3n) is 5.81. The molecule has 1 amide bonds. The molecule has 1 unspecified atom stereocenters. The number of hydrogen-bond donors (Lipinski definition) is 1. The highest BCUT2D eigenvalue weighted by molar-refractivity contribution is 6.30. The van der Waals surface area contributed by atoms with Crippen LogP contribution in [0.25, 0.3) is 11.3 Å². The first-order valence-electron chi connectivity index (χ1n) is 10.1. The van der Waals surface area contributed by atoms with E-state index in [1.54, 1.807) is 4.90 Å². The van der Waals surface area contributed by atoms with Crippen LogP contribution in [0.5, 0.6) is 0 Å². The number of hydrogen-bond acceptors (Lipinski definition) is 2. The zero-order valence-electron chi connectivity index (χ0n) is 16.9. The van der Waals surface area contributed by atoms with Crippen molar-refractivity contribution in [3.63, 3.8) is 0 Å². The van der Waals surface area contributed by atoms with Crippen molar-refractivity contribution in [1.29, 1.82) is 0 Å². The molecule has 1 aliphatic heterocycles. The normalized spacial score (nSPS) is 18.9. The number of nitrogens with zero attached hydrogens (tertiary/aromatic N) is 2. The van der Waals surface area contributed by atoms with Gasteiger partial charge in [0.15, 0.2) is 6.54 Å². The molecule has 2 atom stereocenters. The summed E-state index contributed by atoms with van der Waals surface area (Å²) in [6.45, 7) is 2.02. The van der Waals surface area contributed by atoms with Crippen LogP contribution < -0.4 is 4.90 Å². The van der Waals surface area contributed by atoms with E-state index in [9.17, 15) is 4.79 Å². The molecule has 0 saturated carbocycles. The number of amides is 1. The first kappa shape index (κ1) is 19.8. The molecule has 2 aromatic heterocycles. The first-order chi connectivity index (χ1) is 14.0. The van der Waals surface area contributed by atoms with Crippen LogP contribution in [0.2, 0.25) is 5.02 Å². The van der Waals surface area contributed by atoms with Gasteiger partial charge in [-0.25, -0.2) is 0 Å². The van der Waals surface area contributed by atoms with Gasteiger partial charge in [0.2, 0.25) is 0 Å². The molecule has 1 fully saturated rings. The summed E-state index contributed by atoms with van der Waals surface area (Å²) >= 11 is 5.95. The highest BCUT2D eigenvalue weighted by Crippen LogP contribution is 2.24. The van der Waals surface area contributed by atoms with E-state index in [-0.39, 0.29) is 5.91 Å². The van der Waals surface area contributed by atoms with Crippen LogP contribution in [-0.2, 0) is 18.4 Å². The lowest BCUT2D eigenvalue weighted by molar-refractivity contribution is -0.911. The van der Waals surface area contributed by atoms with Crippen LogP contribution in [0.3, 0.4) is 0 Å². The molecule has 0 radical (unpaired) electrons. The summed E-state index contributed by atoms with van der Waals surface area (Å²) in [5.41, 5.74) is 2.29. The number of likely N-dealkylation sites (N-methyl/N-ethyl adjacent to an activating group) is 1. The molecule has 6 heteroatoms. The van der Waals surface area contributed by atoms with E-state index in [4.69, 9.17) is 16.0 Å². The predicted octanol–water partition coefficient (Wildman–Crippen LogP) is 3.32. The lowest BCUT2D eigenvalue weighted by atomic mass is 10.1. The van der Waals surface area contributed by atoms with E-state index in [2.05, 4.69) is 29.9 Å². The molecule has 3 aromatic rings. The highest BCUT2D eigenvalue weighted by atomic mass is 35.5. The van der Waals surface area contributed by atoms with Gasteiger partial charge in [0, 0.05) is 43.7 Å². The lowest BCUT2D eigenvalue weighted by Gasteiger charge is -2.24. The van der Waals surface area contributed by atoms with Gasteiger partial charge in [0.1, 0.15) is 17.6 Å². The number of furan rings is 1. The summed E-state index contributed by atoms with van der Waals surface area (Å²) in [5, 5.41) is 0.698. The average Bonchev–Trinajstić information content (AvgIpc) is 3.44. The number of rotatable bonds is 6. The van der Waals surface area contributed by atoms with Crippen molar-refractivity contribution in [1.82, 2.24) is 9.47 Å². The van der Waals surface area contributed by atoms with Crippen molar-refractivity contribution < 1.29 is 14.1 Å². The van der Waals surface area contributed by atoms with E-state index >= 15 is 0 Å². The minimum Gasteiger partial charge on any atom is -0.459 e. The molecule has 1 N–H and O–H groups in total. The quantitative estimate of drug-likeness (QED) is 0.675. The SMILES string of the molecule is CN(Cc1ccc(-c2ccc(Cl)cc2)o1)C(=O)C[NH+]1CCC[C@H]1c1cccn1C. The van der Waals surface area contributed by atoms with Gasteiger partial charge >= 0.3 is 0 Å². The maximum absolute atomic E-state index is 12.9. The van der Waals surface area contributed by atoms with Crippen LogP contribution in [-0.4, -0.2) is 35.5 Å². The highest BCUT2D eigenvalue weighted by Gasteiger charge is 2.33. The third kappa shape index (κ3) is 4.41. The predicted molar refractivity (Wildman–Crippen MR) is 114 cm³/mol. The number of aromatic nitrogens is 1. The standard InChI is InChI=1S/C23H26ClN3O2/c1-25-13-3-5-20(25)21-6-4-14-27(21)16-23(28)26(2)15-19-11-12-22(29-19)17-7-9-18(24)10-8-17/h3,5,7-13,21H,4,6,14-16H2,1-2H3/p+1/t21-/m0/s1. The van der Waals surface area contributed by atoms with E-state index < -0.39 is 0 Å². The maximum Gasteiger partial charge on any atom is 0.277 e. The molecule has 0 aliphatic carbocycles. The Hall–Kier alpha value is -2.50. The Morgan fingerprint density at radius 2 is 2.03 bits per heavy atom. The van der Waals surface area contributed by atoms with Crippen molar-refractivity contribution in [2.24, 2.45) is 7.05 Å². The topological polar surface area (TPSA) is 42.8 Å². The van der Waals surface area contributed by atoms with Gasteiger partial charge in [-0.1, -0.05) is 11.6 Å². The number of halogens is 1. The average molecular weight is 413 g/mol. The monoisotopic (exact) mass is 412 g/mol. The van der Waals surface area contributed by atoms with Crippen LogP contribution in [0, 0.1) is 0 Å². The van der Waals surface area contributed by atoms with E-state index in [1.807, 2.05) is 43.4 Å². The summed E-state index contributed by atoms with van der Waals surface area (Å²) in [6, 6.07) is 16.1. The Morgan fingerprint density at radius 1 is 1.24 bits per heavy atom. The number of likely N-dealkylation sites (tertiary alicyclic amines) is 1. The zero-order valence-corrected chi connectivity index (χ0v) is 17.7. The van der Waals surface area contributed by atoms with Crippen molar-refractivity contribution in [2.75, 3.05) is 20.1 Å². The zero-order chi connectivity index (χ0) is 20.4. The summed E-state index contributed by atoms with van der Waals surface area (Å²) in [5.74, 6) is 1.71. The number of benzene rings is 1. The fourth-order valence-corrected chi connectivity index (χ4v) is 4.33. The molecule has 152 valence electrons. The molecule has 1 aliphatic rings. The molecule has 29 heavy (non-hydrogen) atoms. The Labute approximate surface area is 176 Å². The number of nitrogens with one attached hydrogen (secondary N) is 1. The second-order valence-electron chi connectivity index (χ2n) is 7.85. The summed E-state index contributed by atoms with van der Waals surface area (Å²) in [7, 11) is 3.92. The molecular formula is C23H27ClN3O2+. The summed E-state index contributed by atoms with van der Waals surface area (Å²) < 4.78 is 8.12. The first-order valence-corrected chi connectivity index (χ1v) is 10.4. The van der Waals surface area contributed by atoms with Gasteiger partial charge in [0.05, 0.1) is 18.8 Å². The second-order valence-corrected chi connectivity index (χ2v) is 8.28. The van der Waals surface area contributed by atoms with Crippen LogP contribution in [0.1, 0.15) is 30.3 Å². The molecule has 0 spiro atoms. The maximum atomic E-state index is 12.9.